The van der Waals surface area contributed by atoms with E-state index in [1.807, 2.05) is 31.2 Å². The third kappa shape index (κ3) is 2.75. The predicted octanol–water partition coefficient (Wildman–Crippen LogP) is 2.88. The molecule has 0 amide bonds. The summed E-state index contributed by atoms with van der Waals surface area (Å²) < 4.78 is 45.5. The predicted molar refractivity (Wildman–Crippen MR) is 79.4 cm³/mol. The second kappa shape index (κ2) is 5.62. The van der Waals surface area contributed by atoms with Crippen molar-refractivity contribution in [2.75, 3.05) is 6.61 Å². The molecule has 0 spiro atoms. The third-order valence-corrected chi connectivity index (χ3v) is 4.25. The standard InChI is InChI=1S/C15H15F3N2OS/c1-3-21-9(2)20-13-11-7-5-4-6-10(11)8-12(13)19-14(20)22-15(16,17)18/h4-6,8-9H,3,7H2,1-2H3. The molecule has 0 aliphatic heterocycles. The van der Waals surface area contributed by atoms with Gasteiger partial charge in [0.05, 0.1) is 10.7 Å². The van der Waals surface area contributed by atoms with Crippen LogP contribution in [0.4, 0.5) is 13.2 Å². The highest BCUT2D eigenvalue weighted by molar-refractivity contribution is 8.00. The van der Waals surface area contributed by atoms with Gasteiger partial charge in [-0.1, -0.05) is 18.2 Å². The van der Waals surface area contributed by atoms with Crippen LogP contribution in [-0.4, -0.2) is 21.7 Å². The van der Waals surface area contributed by atoms with Gasteiger partial charge in [-0.25, -0.2) is 4.98 Å². The zero-order valence-electron chi connectivity index (χ0n) is 12.1. The number of aromatic nitrogens is 2. The zero-order valence-corrected chi connectivity index (χ0v) is 13.0. The van der Waals surface area contributed by atoms with E-state index in [4.69, 9.17) is 4.74 Å². The van der Waals surface area contributed by atoms with Crippen molar-refractivity contribution < 1.29 is 17.9 Å². The van der Waals surface area contributed by atoms with Crippen LogP contribution in [0.3, 0.4) is 0 Å². The second-order valence-corrected chi connectivity index (χ2v) is 6.01. The molecular formula is C15H15F3N2OS. The van der Waals surface area contributed by atoms with Gasteiger partial charge in [0, 0.05) is 18.4 Å². The Morgan fingerprint density at radius 1 is 1.45 bits per heavy atom. The van der Waals surface area contributed by atoms with Crippen molar-refractivity contribution in [3.63, 3.8) is 0 Å². The van der Waals surface area contributed by atoms with Crippen LogP contribution < -0.4 is 10.7 Å². The van der Waals surface area contributed by atoms with E-state index >= 15 is 0 Å². The first kappa shape index (κ1) is 15.4. The summed E-state index contributed by atoms with van der Waals surface area (Å²) in [5.41, 5.74) is -2.36. The molecule has 1 heterocycles. The minimum absolute atomic E-state index is 0.0733. The normalized spacial score (nSPS) is 17.9. The Kier molecular flexibility index (Phi) is 3.94. The number of thioether (sulfide) groups is 1. The molecule has 118 valence electrons. The lowest BCUT2D eigenvalue weighted by Crippen LogP contribution is -2.32. The van der Waals surface area contributed by atoms with E-state index in [1.54, 1.807) is 11.5 Å². The first-order valence-corrected chi connectivity index (χ1v) is 7.80. The van der Waals surface area contributed by atoms with E-state index in [-0.39, 0.29) is 16.9 Å². The van der Waals surface area contributed by atoms with E-state index in [0.717, 1.165) is 16.5 Å². The lowest BCUT2D eigenvalue weighted by Gasteiger charge is -2.18. The number of alkyl halides is 3. The summed E-state index contributed by atoms with van der Waals surface area (Å²) in [5.74, 6) is 0. The lowest BCUT2D eigenvalue weighted by atomic mass is 10.0. The van der Waals surface area contributed by atoms with Gasteiger partial charge in [-0.2, -0.15) is 13.2 Å². The van der Waals surface area contributed by atoms with Gasteiger partial charge in [-0.15, -0.1) is 0 Å². The van der Waals surface area contributed by atoms with Gasteiger partial charge in [-0.05, 0) is 37.5 Å². The minimum atomic E-state index is -4.38. The van der Waals surface area contributed by atoms with Crippen LogP contribution in [0.2, 0.25) is 0 Å². The number of nitrogens with zero attached hydrogens (tertiary/aromatic N) is 2. The van der Waals surface area contributed by atoms with E-state index in [2.05, 4.69) is 4.98 Å². The number of halogens is 3. The van der Waals surface area contributed by atoms with Crippen LogP contribution in [0.5, 0.6) is 0 Å². The van der Waals surface area contributed by atoms with Crippen molar-refractivity contribution in [3.05, 3.63) is 34.5 Å². The SMILES string of the molecule is CCOC(C)n1c(SC(F)(F)F)nc2c1=C1CC=CC=C1C=2. The third-order valence-electron chi connectivity index (χ3n) is 3.54. The summed E-state index contributed by atoms with van der Waals surface area (Å²) in [7, 11) is 0. The molecule has 2 aliphatic carbocycles. The monoisotopic (exact) mass is 328 g/mol. The second-order valence-electron chi connectivity index (χ2n) is 4.98. The number of imidazole rings is 1. The summed E-state index contributed by atoms with van der Waals surface area (Å²) in [6, 6.07) is 0. The molecule has 1 atom stereocenters. The van der Waals surface area contributed by atoms with Gasteiger partial charge in [0.1, 0.15) is 6.23 Å². The highest BCUT2D eigenvalue weighted by atomic mass is 32.2. The van der Waals surface area contributed by atoms with E-state index < -0.39 is 11.7 Å². The van der Waals surface area contributed by atoms with Crippen LogP contribution in [-0.2, 0) is 4.74 Å². The van der Waals surface area contributed by atoms with Crippen molar-refractivity contribution in [3.8, 4) is 0 Å². The highest BCUT2D eigenvalue weighted by Gasteiger charge is 2.34. The molecule has 0 N–H and O–H groups in total. The van der Waals surface area contributed by atoms with Crippen molar-refractivity contribution in [1.29, 1.82) is 0 Å². The maximum absolute atomic E-state index is 12.8. The average molecular weight is 328 g/mol. The smallest absolute Gasteiger partial charge is 0.359 e. The quantitative estimate of drug-likeness (QED) is 0.795. The fourth-order valence-electron chi connectivity index (χ4n) is 2.75. The van der Waals surface area contributed by atoms with Crippen LogP contribution in [0.15, 0.2) is 29.0 Å². The molecule has 3 nitrogen and oxygen atoms in total. The van der Waals surface area contributed by atoms with Crippen molar-refractivity contribution in [2.45, 2.75) is 37.2 Å². The molecular weight excluding hydrogens is 313 g/mol. The van der Waals surface area contributed by atoms with E-state index in [1.165, 1.54) is 0 Å². The molecule has 0 saturated carbocycles. The van der Waals surface area contributed by atoms with E-state index in [9.17, 15) is 13.2 Å². The molecule has 1 aromatic rings. The molecule has 0 bridgehead atoms. The topological polar surface area (TPSA) is 27.1 Å². The van der Waals surface area contributed by atoms with Crippen LogP contribution in [0, 0.1) is 0 Å². The Bertz CT molecular complexity index is 774. The molecule has 0 fully saturated rings. The Labute approximate surface area is 129 Å². The Hall–Kier alpha value is -1.47. The lowest BCUT2D eigenvalue weighted by molar-refractivity contribution is -0.0339. The highest BCUT2D eigenvalue weighted by Crippen LogP contribution is 2.36. The summed E-state index contributed by atoms with van der Waals surface area (Å²) >= 11 is -0.194. The average Bonchev–Trinajstić information content (AvgIpc) is 2.92. The maximum Gasteiger partial charge on any atom is 0.449 e. The van der Waals surface area contributed by atoms with Crippen LogP contribution in [0.1, 0.15) is 26.5 Å². The Morgan fingerprint density at radius 2 is 2.23 bits per heavy atom. The van der Waals surface area contributed by atoms with Gasteiger partial charge in [-0.3, -0.25) is 4.57 Å². The van der Waals surface area contributed by atoms with Gasteiger partial charge >= 0.3 is 5.51 Å². The molecule has 3 rings (SSSR count). The number of hydrogen-bond donors (Lipinski definition) is 0. The van der Waals surface area contributed by atoms with Gasteiger partial charge in [0.2, 0.25) is 0 Å². The summed E-state index contributed by atoms with van der Waals surface area (Å²) in [5, 5.41) is 1.25. The number of hydrogen-bond acceptors (Lipinski definition) is 3. The summed E-state index contributed by atoms with van der Waals surface area (Å²) in [6.45, 7) is 3.98. The van der Waals surface area contributed by atoms with Gasteiger partial charge in [0.25, 0.3) is 0 Å². The maximum atomic E-state index is 12.8. The van der Waals surface area contributed by atoms with Gasteiger partial charge < -0.3 is 4.74 Å². The Balaban J connectivity index is 2.19. The van der Waals surface area contributed by atoms with E-state index in [0.29, 0.717) is 18.4 Å². The van der Waals surface area contributed by atoms with Crippen LogP contribution >= 0.6 is 11.8 Å². The molecule has 0 radical (unpaired) electrons. The molecule has 1 aromatic heterocycles. The summed E-state index contributed by atoms with van der Waals surface area (Å²) in [6.07, 6.45) is 7.91. The molecule has 2 aliphatic rings. The molecule has 7 heteroatoms. The summed E-state index contributed by atoms with van der Waals surface area (Å²) in [4.78, 5) is 4.18. The largest absolute Gasteiger partial charge is 0.449 e. The minimum Gasteiger partial charge on any atom is -0.359 e. The van der Waals surface area contributed by atoms with Crippen molar-refractivity contribution in [1.82, 2.24) is 9.55 Å². The fourth-order valence-corrected chi connectivity index (χ4v) is 3.44. The molecule has 0 aromatic carbocycles. The number of fused-ring (bicyclic) bond motifs is 2. The first-order valence-electron chi connectivity index (χ1n) is 6.98. The molecule has 22 heavy (non-hydrogen) atoms. The van der Waals surface area contributed by atoms with Crippen LogP contribution in [0.25, 0.3) is 11.6 Å². The zero-order chi connectivity index (χ0) is 15.9. The molecule has 0 saturated heterocycles. The van der Waals surface area contributed by atoms with Crippen molar-refractivity contribution >= 4 is 23.4 Å². The number of allylic oxidation sites excluding steroid dienone is 4. The van der Waals surface area contributed by atoms with Crippen molar-refractivity contribution in [2.24, 2.45) is 0 Å². The van der Waals surface area contributed by atoms with Gasteiger partial charge in [0.15, 0.2) is 5.16 Å². The first-order chi connectivity index (χ1) is 10.4. The molecule has 1 unspecified atom stereocenters. The number of rotatable bonds is 4. The Morgan fingerprint density at radius 3 is 2.91 bits per heavy atom. The number of ether oxygens (including phenoxy) is 1. The fraction of sp³-hybridized carbons (Fsp3) is 0.400.